The van der Waals surface area contributed by atoms with Gasteiger partial charge in [-0.15, -0.1) is 0 Å². The quantitative estimate of drug-likeness (QED) is 0.511. The van der Waals surface area contributed by atoms with Gasteiger partial charge in [-0.3, -0.25) is 4.79 Å². The summed E-state index contributed by atoms with van der Waals surface area (Å²) >= 11 is 2.34. The van der Waals surface area contributed by atoms with Crippen LogP contribution in [0.3, 0.4) is 0 Å². The zero-order chi connectivity index (χ0) is 12.9. The van der Waals surface area contributed by atoms with Crippen molar-refractivity contribution in [3.05, 3.63) is 0 Å². The molecule has 0 amide bonds. The first kappa shape index (κ1) is 15.4. The zero-order valence-electron chi connectivity index (χ0n) is 11.3. The number of halogens is 1. The lowest BCUT2D eigenvalue weighted by atomic mass is 9.74. The minimum Gasteiger partial charge on any atom is -0.384 e. The van der Waals surface area contributed by atoms with E-state index in [4.69, 9.17) is 4.74 Å². The molecule has 3 heteroatoms. The smallest absolute Gasteiger partial charge is 0.154 e. The van der Waals surface area contributed by atoms with Crippen LogP contribution in [0, 0.1) is 11.3 Å². The maximum Gasteiger partial charge on any atom is 0.154 e. The van der Waals surface area contributed by atoms with Crippen LogP contribution in [0.4, 0.5) is 0 Å². The number of hydrogen-bond donors (Lipinski definition) is 0. The summed E-state index contributed by atoms with van der Waals surface area (Å²) in [5.74, 6) is 0.923. The second-order valence-corrected chi connectivity index (χ2v) is 6.86. The summed E-state index contributed by atoms with van der Waals surface area (Å²) in [5, 5.41) is 0. The Morgan fingerprint density at radius 2 is 2.29 bits per heavy atom. The predicted octanol–water partition coefficient (Wildman–Crippen LogP) is 4.00. The highest BCUT2D eigenvalue weighted by molar-refractivity contribution is 14.1. The first-order valence-electron chi connectivity index (χ1n) is 6.75. The van der Waals surface area contributed by atoms with Crippen molar-refractivity contribution in [3.63, 3.8) is 0 Å². The van der Waals surface area contributed by atoms with Gasteiger partial charge in [-0.2, -0.15) is 0 Å². The molecular formula is C14H25IO2. The Morgan fingerprint density at radius 1 is 1.59 bits per heavy atom. The number of carbonyl (C=O) groups excluding carboxylic acids is 1. The number of hydrogen-bond acceptors (Lipinski definition) is 2. The lowest BCUT2D eigenvalue weighted by molar-refractivity contribution is -0.133. The molecule has 0 radical (unpaired) electrons. The number of unbranched alkanes of at least 4 members (excludes halogenated alkanes) is 1. The highest BCUT2D eigenvalue weighted by atomic mass is 127. The molecule has 0 aromatic rings. The molecule has 17 heavy (non-hydrogen) atoms. The van der Waals surface area contributed by atoms with E-state index in [1.54, 1.807) is 7.11 Å². The van der Waals surface area contributed by atoms with Crippen molar-refractivity contribution in [1.82, 2.24) is 0 Å². The van der Waals surface area contributed by atoms with Crippen molar-refractivity contribution in [2.75, 3.05) is 13.7 Å². The molecule has 1 aliphatic rings. The molecule has 0 N–H and O–H groups in total. The minimum atomic E-state index is -0.186. The molecule has 0 bridgehead atoms. The van der Waals surface area contributed by atoms with Crippen molar-refractivity contribution >= 4 is 28.4 Å². The Balaban J connectivity index is 2.73. The van der Waals surface area contributed by atoms with Gasteiger partial charge in [-0.05, 0) is 25.2 Å². The second kappa shape index (κ2) is 7.07. The number of alkyl halides is 1. The summed E-state index contributed by atoms with van der Waals surface area (Å²) in [7, 11) is 1.72. The van der Waals surface area contributed by atoms with Gasteiger partial charge in [0.1, 0.15) is 0 Å². The Hall–Kier alpha value is 0.360. The first-order chi connectivity index (χ1) is 8.08. The van der Waals surface area contributed by atoms with Gasteiger partial charge in [0.25, 0.3) is 0 Å². The number of ketones is 1. The number of carbonyl (C=O) groups is 1. The number of methoxy groups -OCH3 is 1. The molecule has 3 atom stereocenters. The highest BCUT2D eigenvalue weighted by Crippen LogP contribution is 2.46. The first-order valence-corrected chi connectivity index (χ1v) is 8.00. The molecule has 2 nitrogen and oxygen atoms in total. The molecule has 0 aromatic carbocycles. The summed E-state index contributed by atoms with van der Waals surface area (Å²) < 4.78 is 5.52. The maximum atomic E-state index is 12.7. The van der Waals surface area contributed by atoms with E-state index in [1.807, 2.05) is 0 Å². The molecule has 1 rings (SSSR count). The van der Waals surface area contributed by atoms with Gasteiger partial charge in [0.05, 0.1) is 15.9 Å². The van der Waals surface area contributed by atoms with Gasteiger partial charge in [-0.25, -0.2) is 0 Å². The van der Waals surface area contributed by atoms with Crippen LogP contribution in [0.25, 0.3) is 0 Å². The van der Waals surface area contributed by atoms with Crippen LogP contribution < -0.4 is 0 Å². The molecule has 0 heterocycles. The summed E-state index contributed by atoms with van der Waals surface area (Å²) in [6, 6.07) is 0. The predicted molar refractivity (Wildman–Crippen MR) is 79.7 cm³/mol. The molecule has 0 saturated heterocycles. The van der Waals surface area contributed by atoms with E-state index in [2.05, 4.69) is 36.4 Å². The summed E-state index contributed by atoms with van der Waals surface area (Å²) in [4.78, 5) is 12.7. The van der Waals surface area contributed by atoms with E-state index in [-0.39, 0.29) is 9.34 Å². The van der Waals surface area contributed by atoms with E-state index in [0.29, 0.717) is 18.3 Å². The molecule has 1 aliphatic carbocycles. The molecule has 0 aliphatic heterocycles. The molecule has 0 spiro atoms. The molecule has 1 saturated carbocycles. The zero-order valence-corrected chi connectivity index (χ0v) is 13.5. The molecular weight excluding hydrogens is 327 g/mol. The van der Waals surface area contributed by atoms with E-state index in [9.17, 15) is 4.79 Å². The van der Waals surface area contributed by atoms with Crippen molar-refractivity contribution in [3.8, 4) is 0 Å². The Bertz CT molecular complexity index is 255. The third-order valence-electron chi connectivity index (χ3n) is 4.19. The van der Waals surface area contributed by atoms with Crippen molar-refractivity contribution < 1.29 is 9.53 Å². The van der Waals surface area contributed by atoms with Crippen LogP contribution in [0.1, 0.15) is 52.4 Å². The third-order valence-corrected chi connectivity index (χ3v) is 5.38. The fourth-order valence-corrected chi connectivity index (χ4v) is 4.04. The topological polar surface area (TPSA) is 26.3 Å². The number of rotatable bonds is 7. The Kier molecular flexibility index (Phi) is 6.41. The standard InChI is InChI=1S/C14H25IO2/c1-4-5-8-12(15)13(16)14(10-17-3)9-6-7-11(14)2/h11-12H,4-10H2,1-3H3. The van der Waals surface area contributed by atoms with Crippen LogP contribution >= 0.6 is 22.6 Å². The van der Waals surface area contributed by atoms with Crippen molar-refractivity contribution in [2.24, 2.45) is 11.3 Å². The Morgan fingerprint density at radius 3 is 2.76 bits per heavy atom. The van der Waals surface area contributed by atoms with Gasteiger partial charge in [0.15, 0.2) is 5.78 Å². The van der Waals surface area contributed by atoms with Crippen molar-refractivity contribution in [2.45, 2.75) is 56.3 Å². The minimum absolute atomic E-state index is 0.170. The monoisotopic (exact) mass is 352 g/mol. The van der Waals surface area contributed by atoms with E-state index >= 15 is 0 Å². The largest absolute Gasteiger partial charge is 0.384 e. The SMILES string of the molecule is CCCCC(I)C(=O)C1(COC)CCCC1C. The highest BCUT2D eigenvalue weighted by Gasteiger charge is 2.48. The average Bonchev–Trinajstić information content (AvgIpc) is 2.68. The fraction of sp³-hybridized carbons (Fsp3) is 0.929. The third kappa shape index (κ3) is 3.43. The number of ether oxygens (including phenoxy) is 1. The van der Waals surface area contributed by atoms with Crippen LogP contribution in [-0.2, 0) is 9.53 Å². The maximum absolute atomic E-state index is 12.7. The van der Waals surface area contributed by atoms with Crippen LogP contribution in [0.2, 0.25) is 0 Å². The Labute approximate surface area is 119 Å². The van der Waals surface area contributed by atoms with Gasteiger partial charge in [-0.1, -0.05) is 55.7 Å². The molecule has 0 aromatic heterocycles. The van der Waals surface area contributed by atoms with Gasteiger partial charge < -0.3 is 4.74 Å². The van der Waals surface area contributed by atoms with Crippen molar-refractivity contribution in [1.29, 1.82) is 0 Å². The molecule has 1 fully saturated rings. The number of Topliss-reactive ketones (excluding diaryl/α,β-unsaturated/α-hetero) is 1. The van der Waals surface area contributed by atoms with Crippen LogP contribution in [0.15, 0.2) is 0 Å². The van der Waals surface area contributed by atoms with Crippen LogP contribution in [-0.4, -0.2) is 23.4 Å². The molecule has 100 valence electrons. The fourth-order valence-electron chi connectivity index (χ4n) is 2.98. The van der Waals surface area contributed by atoms with Crippen LogP contribution in [0.5, 0.6) is 0 Å². The van der Waals surface area contributed by atoms with E-state index in [1.165, 1.54) is 19.3 Å². The van der Waals surface area contributed by atoms with E-state index in [0.717, 1.165) is 19.3 Å². The lowest BCUT2D eigenvalue weighted by Gasteiger charge is -2.33. The summed E-state index contributed by atoms with van der Waals surface area (Å²) in [6.45, 7) is 5.00. The molecule has 3 unspecified atom stereocenters. The summed E-state index contributed by atoms with van der Waals surface area (Å²) in [5.41, 5.74) is -0.186. The normalized spacial score (nSPS) is 30.5. The average molecular weight is 352 g/mol. The lowest BCUT2D eigenvalue weighted by Crippen LogP contribution is -2.42. The van der Waals surface area contributed by atoms with E-state index < -0.39 is 0 Å². The van der Waals surface area contributed by atoms with Gasteiger partial charge >= 0.3 is 0 Å². The van der Waals surface area contributed by atoms with Gasteiger partial charge in [0, 0.05) is 7.11 Å². The summed E-state index contributed by atoms with van der Waals surface area (Å²) in [6.07, 6.45) is 6.70. The van der Waals surface area contributed by atoms with Gasteiger partial charge in [0.2, 0.25) is 0 Å². The second-order valence-electron chi connectivity index (χ2n) is 5.36.